The molecule has 8 nitrogen and oxygen atoms in total. The molecule has 0 saturated heterocycles. The van der Waals surface area contributed by atoms with Crippen LogP contribution < -0.4 is 31.5 Å². The Morgan fingerprint density at radius 1 is 1.17 bits per heavy atom. The SMILES string of the molecule is CNc1ccc(C2N=c3occc3=C(N)N2c2ccc(OC)cc2)cc1C(=O)OC. The first-order valence-corrected chi connectivity index (χ1v) is 9.31. The first-order chi connectivity index (χ1) is 14.6. The van der Waals surface area contributed by atoms with Crippen molar-refractivity contribution in [1.29, 1.82) is 0 Å². The van der Waals surface area contributed by atoms with Gasteiger partial charge in [0.1, 0.15) is 11.6 Å². The van der Waals surface area contributed by atoms with Gasteiger partial charge in [0.25, 0.3) is 0 Å². The van der Waals surface area contributed by atoms with E-state index in [0.717, 1.165) is 17.0 Å². The van der Waals surface area contributed by atoms with Crippen molar-refractivity contribution < 1.29 is 18.7 Å². The third kappa shape index (κ3) is 3.22. The minimum atomic E-state index is -0.536. The Balaban J connectivity index is 1.89. The van der Waals surface area contributed by atoms with Gasteiger partial charge < -0.3 is 29.8 Å². The van der Waals surface area contributed by atoms with E-state index in [4.69, 9.17) is 24.6 Å². The lowest BCUT2D eigenvalue weighted by Gasteiger charge is -2.33. The molecule has 0 saturated carbocycles. The highest BCUT2D eigenvalue weighted by Gasteiger charge is 2.28. The number of anilines is 2. The molecule has 1 unspecified atom stereocenters. The molecule has 1 aliphatic heterocycles. The van der Waals surface area contributed by atoms with Gasteiger partial charge >= 0.3 is 5.97 Å². The third-order valence-electron chi connectivity index (χ3n) is 5.03. The van der Waals surface area contributed by atoms with Crippen molar-refractivity contribution in [3.05, 3.63) is 76.7 Å². The summed E-state index contributed by atoms with van der Waals surface area (Å²) < 4.78 is 15.7. The summed E-state index contributed by atoms with van der Waals surface area (Å²) >= 11 is 0. The maximum atomic E-state index is 12.3. The number of carbonyl (C=O) groups is 1. The van der Waals surface area contributed by atoms with Gasteiger partial charge in [-0.05, 0) is 48.0 Å². The first kappa shape index (κ1) is 19.4. The van der Waals surface area contributed by atoms with E-state index >= 15 is 0 Å². The van der Waals surface area contributed by atoms with Gasteiger partial charge in [-0.15, -0.1) is 0 Å². The van der Waals surface area contributed by atoms with Crippen LogP contribution in [-0.4, -0.2) is 27.2 Å². The molecule has 3 aromatic rings. The number of furan rings is 1. The molecule has 8 heteroatoms. The molecule has 1 atom stereocenters. The number of benzene rings is 2. The van der Waals surface area contributed by atoms with Crippen LogP contribution in [0.25, 0.3) is 5.82 Å². The summed E-state index contributed by atoms with van der Waals surface area (Å²) in [7, 11) is 4.71. The Hall–Kier alpha value is -3.94. The second kappa shape index (κ2) is 7.82. The van der Waals surface area contributed by atoms with E-state index in [1.807, 2.05) is 41.3 Å². The van der Waals surface area contributed by atoms with Gasteiger partial charge in [0.05, 0.1) is 31.3 Å². The van der Waals surface area contributed by atoms with E-state index in [9.17, 15) is 4.79 Å². The van der Waals surface area contributed by atoms with Crippen molar-refractivity contribution >= 4 is 23.2 Å². The number of carbonyl (C=O) groups excluding carboxylic acids is 1. The highest BCUT2D eigenvalue weighted by Crippen LogP contribution is 2.34. The second-order valence-electron chi connectivity index (χ2n) is 6.64. The molecule has 0 aliphatic carbocycles. The first-order valence-electron chi connectivity index (χ1n) is 9.31. The fourth-order valence-electron chi connectivity index (χ4n) is 3.49. The summed E-state index contributed by atoms with van der Waals surface area (Å²) in [6.45, 7) is 0. The number of fused-ring (bicyclic) bond motifs is 1. The number of hydrogen-bond acceptors (Lipinski definition) is 8. The number of rotatable bonds is 5. The zero-order valence-corrected chi connectivity index (χ0v) is 16.9. The van der Waals surface area contributed by atoms with Crippen molar-refractivity contribution in [3.63, 3.8) is 0 Å². The Morgan fingerprint density at radius 2 is 1.93 bits per heavy atom. The van der Waals surface area contributed by atoms with Gasteiger partial charge in [0, 0.05) is 18.4 Å². The molecule has 0 amide bonds. The minimum absolute atomic E-state index is 0.409. The third-order valence-corrected chi connectivity index (χ3v) is 5.03. The maximum absolute atomic E-state index is 12.3. The molecule has 3 N–H and O–H groups in total. The molecule has 1 aromatic heterocycles. The molecule has 4 rings (SSSR count). The number of hydrogen-bond donors (Lipinski definition) is 2. The van der Waals surface area contributed by atoms with Crippen LogP contribution in [0.3, 0.4) is 0 Å². The molecular formula is C22H22N4O4. The van der Waals surface area contributed by atoms with E-state index < -0.39 is 12.1 Å². The molecule has 0 spiro atoms. The van der Waals surface area contributed by atoms with Crippen LogP contribution >= 0.6 is 0 Å². The van der Waals surface area contributed by atoms with E-state index in [1.165, 1.54) is 7.11 Å². The molecule has 1 aliphatic rings. The van der Waals surface area contributed by atoms with Crippen LogP contribution in [-0.2, 0) is 4.74 Å². The van der Waals surface area contributed by atoms with Gasteiger partial charge in [-0.25, -0.2) is 9.79 Å². The summed E-state index contributed by atoms with van der Waals surface area (Å²) in [6, 6.07) is 14.8. The minimum Gasteiger partial charge on any atom is -0.497 e. The number of nitrogens with zero attached hydrogens (tertiary/aromatic N) is 2. The number of esters is 1. The summed E-state index contributed by atoms with van der Waals surface area (Å²) in [5.41, 5.74) is 9.63. The standard InChI is InChI=1S/C22H22N4O4/c1-24-18-9-4-13(12-17(18)22(27)29-3)20-25-21-16(10-11-30-21)19(23)26(20)14-5-7-15(28-2)8-6-14/h4-12,20,24H,23H2,1-3H3. The van der Waals surface area contributed by atoms with Crippen LogP contribution in [0.2, 0.25) is 0 Å². The average Bonchev–Trinajstić information content (AvgIpc) is 3.27. The van der Waals surface area contributed by atoms with Gasteiger partial charge in [-0.2, -0.15) is 0 Å². The lowest BCUT2D eigenvalue weighted by atomic mass is 10.0. The highest BCUT2D eigenvalue weighted by atomic mass is 16.5. The Morgan fingerprint density at radius 3 is 2.60 bits per heavy atom. The fourth-order valence-corrected chi connectivity index (χ4v) is 3.49. The molecule has 30 heavy (non-hydrogen) atoms. The van der Waals surface area contributed by atoms with Gasteiger partial charge in [-0.3, -0.25) is 0 Å². The summed E-state index contributed by atoms with van der Waals surface area (Å²) in [5.74, 6) is 0.794. The topological polar surface area (TPSA) is 102 Å². The normalized spacial score (nSPS) is 15.2. The van der Waals surface area contributed by atoms with Crippen LogP contribution in [0.15, 0.2) is 64.2 Å². The molecule has 0 radical (unpaired) electrons. The Kier molecular flexibility index (Phi) is 5.05. The maximum Gasteiger partial charge on any atom is 0.339 e. The average molecular weight is 406 g/mol. The van der Waals surface area contributed by atoms with Crippen molar-refractivity contribution in [2.75, 3.05) is 31.5 Å². The van der Waals surface area contributed by atoms with Gasteiger partial charge in [0.15, 0.2) is 6.17 Å². The van der Waals surface area contributed by atoms with E-state index in [0.29, 0.717) is 27.8 Å². The lowest BCUT2D eigenvalue weighted by molar-refractivity contribution is 0.0601. The molecular weight excluding hydrogens is 384 g/mol. The van der Waals surface area contributed by atoms with Crippen molar-refractivity contribution in [2.24, 2.45) is 10.7 Å². The van der Waals surface area contributed by atoms with Crippen molar-refractivity contribution in [1.82, 2.24) is 0 Å². The predicted octanol–water partition coefficient (Wildman–Crippen LogP) is 1.98. The molecule has 2 heterocycles. The molecule has 2 aromatic carbocycles. The van der Waals surface area contributed by atoms with Crippen LogP contribution in [0.4, 0.5) is 11.4 Å². The van der Waals surface area contributed by atoms with Crippen molar-refractivity contribution in [2.45, 2.75) is 6.17 Å². The van der Waals surface area contributed by atoms with Crippen LogP contribution in [0.5, 0.6) is 5.75 Å². The molecule has 0 fully saturated rings. The summed E-state index contributed by atoms with van der Waals surface area (Å²) in [5, 5.41) is 3.72. The number of ether oxygens (including phenoxy) is 2. The monoisotopic (exact) mass is 406 g/mol. The Bertz CT molecular complexity index is 1200. The number of nitrogens with one attached hydrogen (secondary N) is 1. The fraction of sp³-hybridized carbons (Fsp3) is 0.182. The number of nitrogens with two attached hydrogens (primary N) is 1. The smallest absolute Gasteiger partial charge is 0.339 e. The zero-order chi connectivity index (χ0) is 21.3. The van der Waals surface area contributed by atoms with E-state index in [-0.39, 0.29) is 0 Å². The summed E-state index contributed by atoms with van der Waals surface area (Å²) in [6.07, 6.45) is 1.02. The van der Waals surface area contributed by atoms with E-state index in [2.05, 4.69) is 5.32 Å². The predicted molar refractivity (Wildman–Crippen MR) is 113 cm³/mol. The molecule has 154 valence electrons. The van der Waals surface area contributed by atoms with Crippen LogP contribution in [0, 0.1) is 0 Å². The van der Waals surface area contributed by atoms with Gasteiger partial charge in [0.2, 0.25) is 5.55 Å². The summed E-state index contributed by atoms with van der Waals surface area (Å²) in [4.78, 5) is 19.0. The quantitative estimate of drug-likeness (QED) is 0.625. The largest absolute Gasteiger partial charge is 0.497 e. The zero-order valence-electron chi connectivity index (χ0n) is 16.9. The van der Waals surface area contributed by atoms with Crippen molar-refractivity contribution in [3.8, 4) is 5.75 Å². The lowest BCUT2D eigenvalue weighted by Crippen LogP contribution is -2.43. The highest BCUT2D eigenvalue weighted by molar-refractivity contribution is 5.96. The van der Waals surface area contributed by atoms with Gasteiger partial charge in [-0.1, -0.05) is 6.07 Å². The molecule has 0 bridgehead atoms. The number of methoxy groups -OCH3 is 2. The Labute approximate surface area is 173 Å². The second-order valence-corrected chi connectivity index (χ2v) is 6.64. The van der Waals surface area contributed by atoms with Crippen LogP contribution in [0.1, 0.15) is 22.1 Å². The van der Waals surface area contributed by atoms with E-state index in [1.54, 1.807) is 32.6 Å².